The molecule has 0 radical (unpaired) electrons. The van der Waals surface area contributed by atoms with Gasteiger partial charge in [-0.15, -0.1) is 0 Å². The van der Waals surface area contributed by atoms with E-state index in [0.29, 0.717) is 0 Å². The number of halogens is 1. The number of aryl methyl sites for hydroxylation is 1. The van der Waals surface area contributed by atoms with Crippen LogP contribution in [0.3, 0.4) is 0 Å². The fraction of sp³-hybridized carbons (Fsp3) is 0.500. The summed E-state index contributed by atoms with van der Waals surface area (Å²) in [5, 5.41) is 3.43. The largest absolute Gasteiger partial charge is 0.341 e. The van der Waals surface area contributed by atoms with Crippen molar-refractivity contribution < 1.29 is 0 Å². The van der Waals surface area contributed by atoms with Gasteiger partial charge < -0.3 is 10.3 Å². The molecule has 5 heteroatoms. The van der Waals surface area contributed by atoms with Crippen molar-refractivity contribution in [2.45, 2.75) is 19.9 Å². The SMILES string of the molecule is Cc1cc(Br)cc2[nH]c(CN3CCCNCC3)nc12. The number of hydrogen-bond donors (Lipinski definition) is 2. The van der Waals surface area contributed by atoms with Crippen LogP contribution in [0.5, 0.6) is 0 Å². The van der Waals surface area contributed by atoms with Crippen molar-refractivity contribution in [2.75, 3.05) is 26.2 Å². The quantitative estimate of drug-likeness (QED) is 0.892. The normalized spacial score (nSPS) is 17.8. The first-order chi connectivity index (χ1) is 9.22. The number of nitrogens with zero attached hydrogens (tertiary/aromatic N) is 2. The molecule has 0 amide bonds. The second-order valence-electron chi connectivity index (χ2n) is 5.18. The maximum absolute atomic E-state index is 4.74. The summed E-state index contributed by atoms with van der Waals surface area (Å²) < 4.78 is 1.10. The fourth-order valence-corrected chi connectivity index (χ4v) is 3.22. The van der Waals surface area contributed by atoms with Crippen LogP contribution in [-0.4, -0.2) is 41.0 Å². The minimum atomic E-state index is 0.910. The van der Waals surface area contributed by atoms with Crippen LogP contribution in [-0.2, 0) is 6.54 Å². The van der Waals surface area contributed by atoms with Crippen LogP contribution in [0.1, 0.15) is 17.8 Å². The summed E-state index contributed by atoms with van der Waals surface area (Å²) in [6.07, 6.45) is 1.21. The predicted octanol–water partition coefficient (Wildman–Crippen LogP) is 2.43. The molecule has 0 bridgehead atoms. The number of benzene rings is 1. The van der Waals surface area contributed by atoms with Crippen LogP contribution in [0, 0.1) is 6.92 Å². The molecule has 2 heterocycles. The number of aromatic nitrogens is 2. The molecule has 2 N–H and O–H groups in total. The molecule has 1 aromatic heterocycles. The summed E-state index contributed by atoms with van der Waals surface area (Å²) >= 11 is 3.53. The molecule has 102 valence electrons. The first kappa shape index (κ1) is 13.1. The van der Waals surface area contributed by atoms with Crippen molar-refractivity contribution in [3.63, 3.8) is 0 Å². The highest BCUT2D eigenvalue weighted by Crippen LogP contribution is 2.22. The van der Waals surface area contributed by atoms with E-state index in [1.165, 1.54) is 12.0 Å². The van der Waals surface area contributed by atoms with Gasteiger partial charge in [-0.25, -0.2) is 4.98 Å². The highest BCUT2D eigenvalue weighted by molar-refractivity contribution is 9.10. The van der Waals surface area contributed by atoms with E-state index in [1.807, 2.05) is 0 Å². The van der Waals surface area contributed by atoms with Gasteiger partial charge in [0, 0.05) is 17.6 Å². The van der Waals surface area contributed by atoms with Crippen LogP contribution >= 0.6 is 15.9 Å². The highest BCUT2D eigenvalue weighted by atomic mass is 79.9. The molecular formula is C14H19BrN4. The Morgan fingerprint density at radius 2 is 2.21 bits per heavy atom. The Hall–Kier alpha value is -0.910. The van der Waals surface area contributed by atoms with Gasteiger partial charge in [0.15, 0.2) is 0 Å². The van der Waals surface area contributed by atoms with E-state index in [9.17, 15) is 0 Å². The molecule has 3 rings (SSSR count). The van der Waals surface area contributed by atoms with E-state index >= 15 is 0 Å². The Bertz CT molecular complexity index is 570. The average molecular weight is 323 g/mol. The molecule has 1 aliphatic rings. The predicted molar refractivity (Wildman–Crippen MR) is 81.3 cm³/mol. The van der Waals surface area contributed by atoms with Gasteiger partial charge in [-0.1, -0.05) is 15.9 Å². The smallest absolute Gasteiger partial charge is 0.121 e. The minimum Gasteiger partial charge on any atom is -0.341 e. The maximum atomic E-state index is 4.74. The Labute approximate surface area is 121 Å². The third kappa shape index (κ3) is 2.99. The molecule has 1 fully saturated rings. The number of rotatable bonds is 2. The van der Waals surface area contributed by atoms with E-state index in [2.05, 4.69) is 50.2 Å². The number of fused-ring (bicyclic) bond motifs is 1. The van der Waals surface area contributed by atoms with Crippen LogP contribution < -0.4 is 5.32 Å². The summed E-state index contributed by atoms with van der Waals surface area (Å²) in [4.78, 5) is 10.6. The van der Waals surface area contributed by atoms with Crippen LogP contribution in [0.4, 0.5) is 0 Å². The Kier molecular flexibility index (Phi) is 3.86. The second-order valence-corrected chi connectivity index (χ2v) is 6.10. The zero-order chi connectivity index (χ0) is 13.2. The first-order valence-electron chi connectivity index (χ1n) is 6.80. The van der Waals surface area contributed by atoms with E-state index in [-0.39, 0.29) is 0 Å². The van der Waals surface area contributed by atoms with E-state index in [0.717, 1.165) is 54.1 Å². The lowest BCUT2D eigenvalue weighted by atomic mass is 10.2. The van der Waals surface area contributed by atoms with Crippen molar-refractivity contribution >= 4 is 27.0 Å². The lowest BCUT2D eigenvalue weighted by Crippen LogP contribution is -2.28. The van der Waals surface area contributed by atoms with Gasteiger partial charge in [-0.05, 0) is 44.1 Å². The molecule has 1 aromatic carbocycles. The maximum Gasteiger partial charge on any atom is 0.121 e. The van der Waals surface area contributed by atoms with Crippen LogP contribution in [0.2, 0.25) is 0 Å². The van der Waals surface area contributed by atoms with E-state index < -0.39 is 0 Å². The van der Waals surface area contributed by atoms with Gasteiger partial charge in [0.25, 0.3) is 0 Å². The first-order valence-corrected chi connectivity index (χ1v) is 7.59. The topological polar surface area (TPSA) is 44.0 Å². The number of imidazole rings is 1. The highest BCUT2D eigenvalue weighted by Gasteiger charge is 2.12. The van der Waals surface area contributed by atoms with Gasteiger partial charge >= 0.3 is 0 Å². The average Bonchev–Trinajstić information content (AvgIpc) is 2.58. The lowest BCUT2D eigenvalue weighted by Gasteiger charge is -2.17. The number of hydrogen-bond acceptors (Lipinski definition) is 3. The molecule has 0 saturated carbocycles. The molecule has 0 atom stereocenters. The van der Waals surface area contributed by atoms with Crippen molar-refractivity contribution in [3.8, 4) is 0 Å². The molecule has 1 saturated heterocycles. The van der Waals surface area contributed by atoms with Crippen LogP contribution in [0.25, 0.3) is 11.0 Å². The van der Waals surface area contributed by atoms with Gasteiger partial charge in [-0.2, -0.15) is 0 Å². The lowest BCUT2D eigenvalue weighted by molar-refractivity contribution is 0.278. The van der Waals surface area contributed by atoms with Crippen molar-refractivity contribution in [3.05, 3.63) is 28.0 Å². The molecule has 19 heavy (non-hydrogen) atoms. The molecule has 0 aliphatic carbocycles. The summed E-state index contributed by atoms with van der Waals surface area (Å²) in [7, 11) is 0. The molecule has 2 aromatic rings. The third-order valence-corrected chi connectivity index (χ3v) is 4.05. The fourth-order valence-electron chi connectivity index (χ4n) is 2.64. The summed E-state index contributed by atoms with van der Waals surface area (Å²) in [6, 6.07) is 4.21. The summed E-state index contributed by atoms with van der Waals surface area (Å²) in [5.74, 6) is 1.07. The van der Waals surface area contributed by atoms with Crippen molar-refractivity contribution in [1.82, 2.24) is 20.2 Å². The van der Waals surface area contributed by atoms with E-state index in [1.54, 1.807) is 0 Å². The molecular weight excluding hydrogens is 304 g/mol. The zero-order valence-corrected chi connectivity index (χ0v) is 12.8. The Balaban J connectivity index is 1.83. The Morgan fingerprint density at radius 3 is 3.11 bits per heavy atom. The molecule has 0 unspecified atom stereocenters. The molecule has 1 aliphatic heterocycles. The monoisotopic (exact) mass is 322 g/mol. The van der Waals surface area contributed by atoms with E-state index in [4.69, 9.17) is 4.98 Å². The van der Waals surface area contributed by atoms with Gasteiger partial charge in [0.1, 0.15) is 5.82 Å². The summed E-state index contributed by atoms with van der Waals surface area (Å²) in [6.45, 7) is 7.46. The van der Waals surface area contributed by atoms with Gasteiger partial charge in [-0.3, -0.25) is 4.90 Å². The van der Waals surface area contributed by atoms with Crippen LogP contribution in [0.15, 0.2) is 16.6 Å². The standard InChI is InChI=1S/C14H19BrN4/c1-10-7-11(15)8-12-14(10)18-13(17-12)9-19-5-2-3-16-4-6-19/h7-8,16H,2-6,9H2,1H3,(H,17,18). The second kappa shape index (κ2) is 5.61. The molecule has 0 spiro atoms. The molecule has 4 nitrogen and oxygen atoms in total. The number of aromatic amines is 1. The minimum absolute atomic E-state index is 0.910. The summed E-state index contributed by atoms with van der Waals surface area (Å²) in [5.41, 5.74) is 3.42. The van der Waals surface area contributed by atoms with Crippen molar-refractivity contribution in [2.24, 2.45) is 0 Å². The number of nitrogens with one attached hydrogen (secondary N) is 2. The third-order valence-electron chi connectivity index (χ3n) is 3.60. The van der Waals surface area contributed by atoms with Gasteiger partial charge in [0.05, 0.1) is 17.6 Å². The van der Waals surface area contributed by atoms with Crippen molar-refractivity contribution in [1.29, 1.82) is 0 Å². The zero-order valence-electron chi connectivity index (χ0n) is 11.2. The number of H-pyrrole nitrogens is 1. The van der Waals surface area contributed by atoms with Gasteiger partial charge in [0.2, 0.25) is 0 Å². The Morgan fingerprint density at radius 1 is 1.32 bits per heavy atom.